The number of hydrogen-bond donors (Lipinski definition) is 12. The van der Waals surface area contributed by atoms with Crippen molar-refractivity contribution >= 4 is 35.1 Å². The van der Waals surface area contributed by atoms with Crippen molar-refractivity contribution in [3.05, 3.63) is 112 Å². The first-order valence-corrected chi connectivity index (χ1v) is 23.1. The molecule has 3 aliphatic rings. The van der Waals surface area contributed by atoms with Crippen LogP contribution >= 0.6 is 0 Å². The van der Waals surface area contributed by atoms with Crippen molar-refractivity contribution in [1.82, 2.24) is 0 Å². The van der Waals surface area contributed by atoms with Gasteiger partial charge in [0, 0.05) is 29.8 Å². The fourth-order valence-electron chi connectivity index (χ4n) is 8.38. The molecule has 5 aromatic rings. The van der Waals surface area contributed by atoms with Gasteiger partial charge in [0.05, 0.1) is 18.8 Å². The van der Waals surface area contributed by atoms with Crippen LogP contribution in [0.15, 0.2) is 100 Å². The minimum absolute atomic E-state index is 0.0167. The number of phenols is 6. The summed E-state index contributed by atoms with van der Waals surface area (Å²) < 4.78 is 53.2. The molecule has 0 amide bonds. The second-order valence-electron chi connectivity index (χ2n) is 17.7. The van der Waals surface area contributed by atoms with E-state index in [9.17, 15) is 75.7 Å². The monoisotopic (exact) mass is 1050 g/mol. The minimum atomic E-state index is -2.21. The summed E-state index contributed by atoms with van der Waals surface area (Å²) in [6, 6.07) is 16.4. The SMILES string of the molecule is C[C@@H]1O[C@@H](OC[C@@H]2O[C@H](Oc3c(-c4ccc(O)c(O)c4)oc4cc(O)cc(O)c4c3=O)[C@H](O[C@@H]3O[C@@H](C)[C@H](OC(=O)/C=C/c4ccc(O)cc4)[C@@H](O)[C@@H]3O)[C@@H](O)[C@@H]2OC(=O)/C=C\c2ccc(O)cc2)[C@@H](O)[C@H](O)[C@H]1O. The molecule has 1 aromatic heterocycles. The third-order valence-electron chi connectivity index (χ3n) is 12.4. The molecule has 24 nitrogen and oxygen atoms in total. The molecule has 4 aromatic carbocycles. The summed E-state index contributed by atoms with van der Waals surface area (Å²) in [4.78, 5) is 41.1. The molecule has 15 atom stereocenters. The molecule has 3 fully saturated rings. The van der Waals surface area contributed by atoms with Crippen LogP contribution in [0.4, 0.5) is 0 Å². The van der Waals surface area contributed by atoms with E-state index in [1.807, 2.05) is 0 Å². The second kappa shape index (κ2) is 22.6. The number of ether oxygens (including phenoxy) is 8. The van der Waals surface area contributed by atoms with Crippen molar-refractivity contribution in [1.29, 1.82) is 0 Å². The molecule has 0 aliphatic carbocycles. The highest BCUT2D eigenvalue weighted by atomic mass is 16.8. The maximum atomic E-state index is 14.6. The van der Waals surface area contributed by atoms with Crippen molar-refractivity contribution in [2.24, 2.45) is 0 Å². The van der Waals surface area contributed by atoms with Gasteiger partial charge in [0.25, 0.3) is 0 Å². The molecule has 0 radical (unpaired) electrons. The maximum absolute atomic E-state index is 14.6. The fourth-order valence-corrected chi connectivity index (χ4v) is 8.38. The summed E-state index contributed by atoms with van der Waals surface area (Å²) in [6.07, 6.45) is -22.5. The van der Waals surface area contributed by atoms with Gasteiger partial charge in [-0.05, 0) is 79.6 Å². The third-order valence-corrected chi connectivity index (χ3v) is 12.4. The minimum Gasteiger partial charge on any atom is -0.508 e. The van der Waals surface area contributed by atoms with Gasteiger partial charge < -0.3 is 104 Å². The van der Waals surface area contributed by atoms with Crippen LogP contribution < -0.4 is 10.2 Å². The van der Waals surface area contributed by atoms with Gasteiger partial charge in [0.2, 0.25) is 17.5 Å². The van der Waals surface area contributed by atoms with Crippen LogP contribution in [0.2, 0.25) is 0 Å². The van der Waals surface area contributed by atoms with E-state index in [2.05, 4.69) is 0 Å². The lowest BCUT2D eigenvalue weighted by atomic mass is 9.97. The first kappa shape index (κ1) is 53.9. The Morgan fingerprint density at radius 2 is 1.15 bits per heavy atom. The lowest BCUT2D eigenvalue weighted by molar-refractivity contribution is -0.360. The highest BCUT2D eigenvalue weighted by Crippen LogP contribution is 2.41. The number of hydrogen-bond acceptors (Lipinski definition) is 24. The average Bonchev–Trinajstić information content (AvgIpc) is 3.37. The van der Waals surface area contributed by atoms with Gasteiger partial charge in [-0.3, -0.25) is 4.79 Å². The number of aliphatic hydroxyl groups excluding tert-OH is 6. The van der Waals surface area contributed by atoms with Crippen molar-refractivity contribution in [3.63, 3.8) is 0 Å². The molecule has 24 heteroatoms. The Labute approximate surface area is 423 Å². The maximum Gasteiger partial charge on any atom is 0.331 e. The predicted octanol–water partition coefficient (Wildman–Crippen LogP) is 1.10. The van der Waals surface area contributed by atoms with Gasteiger partial charge in [-0.2, -0.15) is 0 Å². The number of carbonyl (C=O) groups excluding carboxylic acids is 2. The van der Waals surface area contributed by atoms with Gasteiger partial charge in [0.1, 0.15) is 76.7 Å². The Morgan fingerprint density at radius 1 is 0.560 bits per heavy atom. The van der Waals surface area contributed by atoms with Crippen molar-refractivity contribution in [2.75, 3.05) is 6.61 Å². The summed E-state index contributed by atoms with van der Waals surface area (Å²) >= 11 is 0. The highest BCUT2D eigenvalue weighted by molar-refractivity contribution is 5.89. The third kappa shape index (κ3) is 12.0. The van der Waals surface area contributed by atoms with Crippen LogP contribution in [0.3, 0.4) is 0 Å². The summed E-state index contributed by atoms with van der Waals surface area (Å²) in [5, 5.41) is 128. The number of esters is 2. The van der Waals surface area contributed by atoms with Gasteiger partial charge in [-0.15, -0.1) is 0 Å². The van der Waals surface area contributed by atoms with Crippen molar-refractivity contribution in [2.45, 2.75) is 106 Å². The predicted molar refractivity (Wildman–Crippen MR) is 253 cm³/mol. The summed E-state index contributed by atoms with van der Waals surface area (Å²) in [6.45, 7) is 1.89. The van der Waals surface area contributed by atoms with E-state index in [4.69, 9.17) is 42.3 Å². The number of aromatic hydroxyl groups is 6. The van der Waals surface area contributed by atoms with Gasteiger partial charge in [0.15, 0.2) is 48.2 Å². The van der Waals surface area contributed by atoms with Gasteiger partial charge >= 0.3 is 11.9 Å². The number of phenolic OH excluding ortho intramolecular Hbond substituents is 6. The Morgan fingerprint density at radius 3 is 1.76 bits per heavy atom. The molecule has 0 saturated carbocycles. The molecular formula is C51H52O24. The van der Waals surface area contributed by atoms with E-state index >= 15 is 0 Å². The number of benzene rings is 4. The molecule has 75 heavy (non-hydrogen) atoms. The molecule has 0 bridgehead atoms. The second-order valence-corrected chi connectivity index (χ2v) is 17.7. The molecule has 400 valence electrons. The first-order chi connectivity index (χ1) is 35.7. The Hall–Kier alpha value is -7.33. The van der Waals surface area contributed by atoms with Crippen LogP contribution in [-0.4, -0.2) is 172 Å². The lowest BCUT2D eigenvalue weighted by Crippen LogP contribution is -2.66. The van der Waals surface area contributed by atoms with E-state index in [0.717, 1.165) is 36.4 Å². The highest BCUT2D eigenvalue weighted by Gasteiger charge is 2.54. The quantitative estimate of drug-likeness (QED) is 0.0421. The summed E-state index contributed by atoms with van der Waals surface area (Å²) in [7, 11) is 0. The van der Waals surface area contributed by atoms with Crippen LogP contribution in [0.25, 0.3) is 34.4 Å². The number of aliphatic hydroxyl groups is 6. The standard InChI is InChI=1S/C51H52O24/c1-21-37(60)39(62)41(64)49(68-21)67-20-33-46(73-35(59)16-8-24-5-12-27(53)13-6-24)43(66)48(75-50-42(65)40(63)44(22(2)69-50)72-34(58)15-7-23-3-10-26(52)11-4-23)51(71-33)74-47-38(61)36-31(57)18-28(54)19-32(36)70-45(47)25-9-14-29(55)30(56)17-25/h3-19,21-22,33,37,39-44,46,48-57,60,62-66H,20H2,1-2H3/b15-7+,16-8-/t21-,22-,33-,37-,39+,40-,41-,42-,43-,44-,46+,48+,49+,50-,51+/m0/s1. The number of fused-ring (bicyclic) bond motifs is 1. The molecule has 0 unspecified atom stereocenters. The number of rotatable bonds is 14. The van der Waals surface area contributed by atoms with Crippen LogP contribution in [0, 0.1) is 0 Å². The van der Waals surface area contributed by atoms with E-state index in [0.29, 0.717) is 11.1 Å². The Kier molecular flexibility index (Phi) is 16.3. The zero-order valence-corrected chi connectivity index (χ0v) is 39.4. The largest absolute Gasteiger partial charge is 0.508 e. The molecule has 3 aliphatic heterocycles. The van der Waals surface area contributed by atoms with E-state index in [1.54, 1.807) is 0 Å². The Bertz CT molecular complexity index is 2960. The van der Waals surface area contributed by atoms with E-state index in [-0.39, 0.29) is 17.1 Å². The smallest absolute Gasteiger partial charge is 0.331 e. The number of carbonyl (C=O) groups is 2. The first-order valence-electron chi connectivity index (χ1n) is 23.1. The van der Waals surface area contributed by atoms with Crippen LogP contribution in [-0.2, 0) is 42.7 Å². The van der Waals surface area contributed by atoms with E-state index in [1.165, 1.54) is 80.6 Å². The van der Waals surface area contributed by atoms with Crippen LogP contribution in [0.1, 0.15) is 25.0 Å². The fraction of sp³-hybridized carbons (Fsp3) is 0.353. The molecule has 12 N–H and O–H groups in total. The normalized spacial score (nSPS) is 30.1. The molecule has 4 heterocycles. The van der Waals surface area contributed by atoms with Crippen molar-refractivity contribution < 1.29 is 113 Å². The van der Waals surface area contributed by atoms with Crippen molar-refractivity contribution in [3.8, 4) is 51.6 Å². The molecule has 0 spiro atoms. The zero-order chi connectivity index (χ0) is 54.0. The van der Waals surface area contributed by atoms with Gasteiger partial charge in [-0.1, -0.05) is 24.3 Å². The van der Waals surface area contributed by atoms with E-state index < -0.39 is 162 Å². The van der Waals surface area contributed by atoms with Crippen LogP contribution in [0.5, 0.6) is 40.2 Å². The molecule has 8 rings (SSSR count). The average molecular weight is 1050 g/mol. The summed E-state index contributed by atoms with van der Waals surface area (Å²) in [5.74, 6) is -6.25. The molecular weight excluding hydrogens is 997 g/mol. The topological polar surface area (TPSA) is 381 Å². The summed E-state index contributed by atoms with van der Waals surface area (Å²) in [5.41, 5.74) is -0.829. The molecule has 3 saturated heterocycles. The van der Waals surface area contributed by atoms with Gasteiger partial charge in [-0.25, -0.2) is 9.59 Å². The zero-order valence-electron chi connectivity index (χ0n) is 39.4. The lowest BCUT2D eigenvalue weighted by Gasteiger charge is -2.47. The Balaban J connectivity index is 1.17.